The van der Waals surface area contributed by atoms with Crippen LogP contribution in [0.4, 0.5) is 0 Å². The van der Waals surface area contributed by atoms with Gasteiger partial charge in [0.05, 0.1) is 24.2 Å². The third-order valence-corrected chi connectivity index (χ3v) is 5.27. The summed E-state index contributed by atoms with van der Waals surface area (Å²) in [6.45, 7) is 2.78. The van der Waals surface area contributed by atoms with Gasteiger partial charge in [-0.3, -0.25) is 13.9 Å². The van der Waals surface area contributed by atoms with Gasteiger partial charge in [0, 0.05) is 26.1 Å². The van der Waals surface area contributed by atoms with E-state index in [1.165, 1.54) is 0 Å². The highest BCUT2D eigenvalue weighted by Crippen LogP contribution is 2.26. The lowest BCUT2D eigenvalue weighted by molar-refractivity contribution is -0.137. The number of ether oxygens (including phenoxy) is 2. The van der Waals surface area contributed by atoms with Gasteiger partial charge in [0.15, 0.2) is 6.29 Å². The van der Waals surface area contributed by atoms with Gasteiger partial charge >= 0.3 is 5.69 Å². The molecule has 2 saturated heterocycles. The minimum atomic E-state index is -0.155. The van der Waals surface area contributed by atoms with Crippen LogP contribution in [0.1, 0.15) is 12.8 Å². The van der Waals surface area contributed by atoms with Crippen LogP contribution in [0.5, 0.6) is 0 Å². The van der Waals surface area contributed by atoms with E-state index in [9.17, 15) is 9.59 Å². The zero-order valence-corrected chi connectivity index (χ0v) is 14.4. The number of hydrogen-bond acceptors (Lipinski definition) is 4. The van der Waals surface area contributed by atoms with E-state index >= 15 is 0 Å². The Morgan fingerprint density at radius 2 is 1.76 bits per heavy atom. The van der Waals surface area contributed by atoms with Crippen molar-refractivity contribution in [3.8, 4) is 0 Å². The number of rotatable bonds is 3. The molecule has 0 spiro atoms. The zero-order valence-electron chi connectivity index (χ0n) is 14.4. The molecule has 1 amide bonds. The molecular formula is C18H23N3O4. The van der Waals surface area contributed by atoms with Crippen LogP contribution in [0.2, 0.25) is 0 Å². The Labute approximate surface area is 145 Å². The first-order valence-corrected chi connectivity index (χ1v) is 8.80. The molecule has 1 aromatic carbocycles. The Balaban J connectivity index is 1.45. The summed E-state index contributed by atoms with van der Waals surface area (Å²) < 4.78 is 14.3. The fourth-order valence-corrected chi connectivity index (χ4v) is 3.82. The molecule has 7 heteroatoms. The summed E-state index contributed by atoms with van der Waals surface area (Å²) >= 11 is 0. The number of nitrogens with zero attached hydrogens (tertiary/aromatic N) is 3. The normalized spacial score (nSPS) is 19.8. The maximum Gasteiger partial charge on any atom is 0.329 e. The number of para-hydroxylation sites is 2. The molecule has 0 saturated carbocycles. The summed E-state index contributed by atoms with van der Waals surface area (Å²) in [5.41, 5.74) is 1.48. The number of fused-ring (bicyclic) bond motifs is 1. The van der Waals surface area contributed by atoms with Gasteiger partial charge in [-0.1, -0.05) is 12.1 Å². The molecule has 25 heavy (non-hydrogen) atoms. The quantitative estimate of drug-likeness (QED) is 0.831. The average Bonchev–Trinajstić information content (AvgIpc) is 3.26. The van der Waals surface area contributed by atoms with E-state index in [1.807, 2.05) is 29.2 Å². The van der Waals surface area contributed by atoms with Crippen LogP contribution in [0.15, 0.2) is 29.1 Å². The standard InChI is InChI=1S/C18H23N3O4/c1-19-14-4-2-3-5-15(14)21(18(19)23)12-16(22)20-8-6-13(7-9-20)17-24-10-11-25-17/h2-5,13,17H,6-12H2,1H3. The lowest BCUT2D eigenvalue weighted by atomic mass is 9.96. The number of likely N-dealkylation sites (tertiary alicyclic amines) is 1. The third kappa shape index (κ3) is 2.98. The van der Waals surface area contributed by atoms with E-state index in [2.05, 4.69) is 0 Å². The molecule has 4 rings (SSSR count). The molecule has 2 aliphatic rings. The minimum Gasteiger partial charge on any atom is -0.350 e. The molecule has 134 valence electrons. The fourth-order valence-electron chi connectivity index (χ4n) is 3.82. The van der Waals surface area contributed by atoms with E-state index in [4.69, 9.17) is 9.47 Å². The summed E-state index contributed by atoms with van der Waals surface area (Å²) in [4.78, 5) is 27.0. The second-order valence-corrected chi connectivity index (χ2v) is 6.74. The molecule has 7 nitrogen and oxygen atoms in total. The topological polar surface area (TPSA) is 65.7 Å². The highest BCUT2D eigenvalue weighted by molar-refractivity contribution is 5.81. The van der Waals surface area contributed by atoms with Crippen LogP contribution in [0, 0.1) is 5.92 Å². The van der Waals surface area contributed by atoms with Gasteiger partial charge in [0.1, 0.15) is 6.54 Å². The molecule has 2 aliphatic heterocycles. The molecular weight excluding hydrogens is 322 g/mol. The first-order chi connectivity index (χ1) is 12.1. The summed E-state index contributed by atoms with van der Waals surface area (Å²) in [7, 11) is 1.73. The summed E-state index contributed by atoms with van der Waals surface area (Å²) in [5, 5.41) is 0. The molecule has 0 bridgehead atoms. The SMILES string of the molecule is Cn1c(=O)n(CC(=O)N2CCC(C3OCCO3)CC2)c2ccccc21. The number of hydrogen-bond donors (Lipinski definition) is 0. The van der Waals surface area contributed by atoms with Crippen molar-refractivity contribution in [1.29, 1.82) is 0 Å². The van der Waals surface area contributed by atoms with Crippen molar-refractivity contribution in [3.05, 3.63) is 34.7 Å². The highest BCUT2D eigenvalue weighted by Gasteiger charge is 2.32. The molecule has 0 radical (unpaired) electrons. The van der Waals surface area contributed by atoms with E-state index in [1.54, 1.807) is 16.2 Å². The van der Waals surface area contributed by atoms with Gasteiger partial charge in [-0.2, -0.15) is 0 Å². The van der Waals surface area contributed by atoms with Crippen LogP contribution in [-0.2, 0) is 27.9 Å². The van der Waals surface area contributed by atoms with Crippen LogP contribution in [0.25, 0.3) is 11.0 Å². The molecule has 0 atom stereocenters. The molecule has 3 heterocycles. The van der Waals surface area contributed by atoms with Crippen molar-refractivity contribution in [2.45, 2.75) is 25.7 Å². The number of aryl methyl sites for hydroxylation is 1. The number of benzene rings is 1. The molecule has 0 unspecified atom stereocenters. The van der Waals surface area contributed by atoms with Crippen molar-refractivity contribution >= 4 is 16.9 Å². The third-order valence-electron chi connectivity index (χ3n) is 5.27. The minimum absolute atomic E-state index is 0.00911. The number of aromatic nitrogens is 2. The molecule has 0 N–H and O–H groups in total. The predicted molar refractivity (Wildman–Crippen MR) is 92.2 cm³/mol. The largest absolute Gasteiger partial charge is 0.350 e. The van der Waals surface area contributed by atoms with Gasteiger partial charge in [-0.15, -0.1) is 0 Å². The van der Waals surface area contributed by atoms with E-state index in [-0.39, 0.29) is 24.4 Å². The van der Waals surface area contributed by atoms with Gasteiger partial charge in [-0.25, -0.2) is 4.79 Å². The predicted octanol–water partition coefficient (Wildman–Crippen LogP) is 0.952. The molecule has 1 aromatic heterocycles. The van der Waals surface area contributed by atoms with Crippen molar-refractivity contribution in [2.75, 3.05) is 26.3 Å². The van der Waals surface area contributed by atoms with Gasteiger partial charge in [-0.05, 0) is 25.0 Å². The smallest absolute Gasteiger partial charge is 0.329 e. The highest BCUT2D eigenvalue weighted by atomic mass is 16.7. The summed E-state index contributed by atoms with van der Waals surface area (Å²) in [6, 6.07) is 7.55. The molecule has 2 fully saturated rings. The summed E-state index contributed by atoms with van der Waals surface area (Å²) in [5.74, 6) is 0.344. The van der Waals surface area contributed by atoms with Crippen molar-refractivity contribution in [2.24, 2.45) is 13.0 Å². The Kier molecular flexibility index (Phi) is 4.35. The molecule has 2 aromatic rings. The maximum atomic E-state index is 12.7. The Hall–Kier alpha value is -2.12. The second-order valence-electron chi connectivity index (χ2n) is 6.74. The van der Waals surface area contributed by atoms with Crippen molar-refractivity contribution < 1.29 is 14.3 Å². The Morgan fingerprint density at radius 1 is 1.12 bits per heavy atom. The lowest BCUT2D eigenvalue weighted by Crippen LogP contribution is -2.43. The Morgan fingerprint density at radius 3 is 2.44 bits per heavy atom. The van der Waals surface area contributed by atoms with Crippen LogP contribution < -0.4 is 5.69 Å². The van der Waals surface area contributed by atoms with Crippen molar-refractivity contribution in [3.63, 3.8) is 0 Å². The lowest BCUT2D eigenvalue weighted by Gasteiger charge is -2.33. The fraction of sp³-hybridized carbons (Fsp3) is 0.556. The van der Waals surface area contributed by atoms with Crippen molar-refractivity contribution in [1.82, 2.24) is 14.0 Å². The van der Waals surface area contributed by atoms with E-state index < -0.39 is 0 Å². The number of carbonyl (C=O) groups is 1. The zero-order chi connectivity index (χ0) is 17.4. The number of amides is 1. The van der Waals surface area contributed by atoms with Gasteiger partial charge in [0.2, 0.25) is 5.91 Å². The first kappa shape index (κ1) is 16.4. The van der Waals surface area contributed by atoms with Gasteiger partial charge < -0.3 is 14.4 Å². The van der Waals surface area contributed by atoms with Crippen LogP contribution >= 0.6 is 0 Å². The molecule has 0 aliphatic carbocycles. The number of carbonyl (C=O) groups excluding carboxylic acids is 1. The van der Waals surface area contributed by atoms with E-state index in [0.717, 1.165) is 23.9 Å². The number of imidazole rings is 1. The number of piperidine rings is 1. The summed E-state index contributed by atoms with van der Waals surface area (Å²) in [6.07, 6.45) is 1.64. The maximum absolute atomic E-state index is 12.7. The average molecular weight is 345 g/mol. The Bertz CT molecular complexity index is 826. The van der Waals surface area contributed by atoms with Crippen LogP contribution in [0.3, 0.4) is 0 Å². The second kappa shape index (κ2) is 6.65. The van der Waals surface area contributed by atoms with E-state index in [0.29, 0.717) is 32.2 Å². The van der Waals surface area contributed by atoms with Crippen LogP contribution in [-0.4, -0.2) is 52.5 Å². The first-order valence-electron chi connectivity index (χ1n) is 8.80. The van der Waals surface area contributed by atoms with Gasteiger partial charge in [0.25, 0.3) is 0 Å². The monoisotopic (exact) mass is 345 g/mol.